The highest BCUT2D eigenvalue weighted by Crippen LogP contribution is 1.86. The Morgan fingerprint density at radius 3 is 2.55 bits per heavy atom. The van der Waals surface area contributed by atoms with Crippen molar-refractivity contribution in [3.05, 3.63) is 0 Å². The molecule has 2 N–H and O–H groups in total. The number of hydrazone groups is 1. The van der Waals surface area contributed by atoms with Crippen LogP contribution in [-0.2, 0) is 4.79 Å². The quantitative estimate of drug-likeness (QED) is 0.467. The topological polar surface area (TPSA) is 61.7 Å². The van der Waals surface area contributed by atoms with Crippen molar-refractivity contribution in [3.63, 3.8) is 0 Å². The van der Waals surface area contributed by atoms with Crippen LogP contribution in [-0.4, -0.2) is 23.3 Å². The van der Waals surface area contributed by atoms with Crippen LogP contribution in [0.2, 0.25) is 0 Å². The fourth-order valence-corrected chi connectivity index (χ4v) is 0.395. The molecule has 0 amide bonds. The molecule has 0 saturated carbocycles. The lowest BCUT2D eigenvalue weighted by atomic mass is 10.2. The van der Waals surface area contributed by atoms with Gasteiger partial charge in [0, 0.05) is 6.54 Å². The molecule has 0 radical (unpaired) electrons. The van der Waals surface area contributed by atoms with Gasteiger partial charge in [-0.3, -0.25) is 0 Å². The number of carboxylic acids is 1. The van der Waals surface area contributed by atoms with E-state index in [9.17, 15) is 4.79 Å². The van der Waals surface area contributed by atoms with E-state index in [1.807, 2.05) is 13.8 Å². The first-order chi connectivity index (χ1) is 5.04. The molecule has 0 aromatic carbocycles. The fraction of sp³-hybridized carbons (Fsp3) is 0.714. The van der Waals surface area contributed by atoms with Gasteiger partial charge in [-0.05, 0) is 12.8 Å². The van der Waals surface area contributed by atoms with Gasteiger partial charge in [-0.25, -0.2) is 4.79 Å². The summed E-state index contributed by atoms with van der Waals surface area (Å²) in [6.07, 6.45) is 0. The molecule has 64 valence electrons. The van der Waals surface area contributed by atoms with Crippen LogP contribution in [0.5, 0.6) is 0 Å². The number of hydrogen-bond donors (Lipinski definition) is 2. The largest absolute Gasteiger partial charge is 0.477 e. The molecule has 0 aliphatic rings. The molecule has 0 rings (SSSR count). The average Bonchev–Trinajstić information content (AvgIpc) is 1.86. The molecule has 4 nitrogen and oxygen atoms in total. The molecule has 0 aliphatic carbocycles. The second kappa shape index (κ2) is 4.71. The second-order valence-electron chi connectivity index (χ2n) is 2.76. The highest BCUT2D eigenvalue weighted by atomic mass is 16.4. The minimum absolute atomic E-state index is 0.0886. The summed E-state index contributed by atoms with van der Waals surface area (Å²) in [4.78, 5) is 10.2. The Hall–Kier alpha value is -1.06. The summed E-state index contributed by atoms with van der Waals surface area (Å²) in [7, 11) is 0. The lowest BCUT2D eigenvalue weighted by molar-refractivity contribution is -0.129. The lowest BCUT2D eigenvalue weighted by Crippen LogP contribution is -2.18. The normalized spacial score (nSPS) is 11.8. The van der Waals surface area contributed by atoms with Gasteiger partial charge in [0.2, 0.25) is 0 Å². The van der Waals surface area contributed by atoms with Crippen molar-refractivity contribution in [1.29, 1.82) is 0 Å². The van der Waals surface area contributed by atoms with Gasteiger partial charge >= 0.3 is 5.97 Å². The van der Waals surface area contributed by atoms with Gasteiger partial charge in [-0.1, -0.05) is 13.8 Å². The van der Waals surface area contributed by atoms with E-state index in [4.69, 9.17) is 5.11 Å². The van der Waals surface area contributed by atoms with Gasteiger partial charge < -0.3 is 10.5 Å². The van der Waals surface area contributed by atoms with Gasteiger partial charge in [-0.15, -0.1) is 0 Å². The molecule has 0 atom stereocenters. The second-order valence-corrected chi connectivity index (χ2v) is 2.76. The van der Waals surface area contributed by atoms with Crippen molar-refractivity contribution in [3.8, 4) is 0 Å². The SMILES string of the molecule is CC(=NNCC(C)C)C(=O)O. The maximum absolute atomic E-state index is 10.2. The van der Waals surface area contributed by atoms with Crippen molar-refractivity contribution >= 4 is 11.7 Å². The smallest absolute Gasteiger partial charge is 0.351 e. The van der Waals surface area contributed by atoms with Crippen molar-refractivity contribution < 1.29 is 9.90 Å². The van der Waals surface area contributed by atoms with E-state index in [0.29, 0.717) is 12.5 Å². The average molecular weight is 158 g/mol. The highest BCUT2D eigenvalue weighted by molar-refractivity contribution is 6.34. The molecule has 11 heavy (non-hydrogen) atoms. The van der Waals surface area contributed by atoms with E-state index < -0.39 is 5.97 Å². The van der Waals surface area contributed by atoms with E-state index in [2.05, 4.69) is 10.5 Å². The van der Waals surface area contributed by atoms with Crippen molar-refractivity contribution in [2.75, 3.05) is 6.54 Å². The number of hydrogen-bond acceptors (Lipinski definition) is 3. The first kappa shape index (κ1) is 9.94. The first-order valence-corrected chi connectivity index (χ1v) is 3.54. The van der Waals surface area contributed by atoms with E-state index >= 15 is 0 Å². The number of carboxylic acid groups (broad SMARTS) is 1. The number of carbonyl (C=O) groups is 1. The summed E-state index contributed by atoms with van der Waals surface area (Å²) >= 11 is 0. The molecular formula is C7H14N2O2. The third kappa shape index (κ3) is 5.39. The van der Waals surface area contributed by atoms with Gasteiger partial charge in [0.15, 0.2) is 0 Å². The standard InChI is InChI=1S/C7H14N2O2/c1-5(2)4-8-9-6(3)7(10)11/h5,8H,4H2,1-3H3,(H,10,11). The van der Waals surface area contributed by atoms with Gasteiger partial charge in [0.05, 0.1) is 0 Å². The zero-order valence-corrected chi connectivity index (χ0v) is 7.09. The molecule has 4 heteroatoms. The monoisotopic (exact) mass is 158 g/mol. The van der Waals surface area contributed by atoms with Crippen LogP contribution in [0.15, 0.2) is 5.10 Å². The van der Waals surface area contributed by atoms with Gasteiger partial charge in [0.1, 0.15) is 5.71 Å². The third-order valence-electron chi connectivity index (χ3n) is 1.06. The molecule has 0 aromatic rings. The maximum atomic E-state index is 10.2. The molecule has 0 bridgehead atoms. The number of aliphatic carboxylic acids is 1. The maximum Gasteiger partial charge on any atom is 0.351 e. The van der Waals surface area contributed by atoms with E-state index in [0.717, 1.165) is 0 Å². The Kier molecular flexibility index (Phi) is 4.26. The minimum Gasteiger partial charge on any atom is -0.477 e. The van der Waals surface area contributed by atoms with E-state index in [1.54, 1.807) is 0 Å². The predicted molar refractivity (Wildman–Crippen MR) is 43.6 cm³/mol. The molecule has 0 fully saturated rings. The minimum atomic E-state index is -0.985. The molecule has 0 unspecified atom stereocenters. The molecule has 0 heterocycles. The van der Waals surface area contributed by atoms with Crippen LogP contribution in [0.25, 0.3) is 0 Å². The van der Waals surface area contributed by atoms with E-state index in [1.165, 1.54) is 6.92 Å². The third-order valence-corrected chi connectivity index (χ3v) is 1.06. The van der Waals surface area contributed by atoms with Crippen LogP contribution < -0.4 is 5.43 Å². The molecule has 0 aromatic heterocycles. The number of nitrogens with one attached hydrogen (secondary N) is 1. The number of nitrogens with zero attached hydrogens (tertiary/aromatic N) is 1. The fourth-order valence-electron chi connectivity index (χ4n) is 0.395. The summed E-state index contributed by atoms with van der Waals surface area (Å²) in [6.45, 7) is 6.21. The molecular weight excluding hydrogens is 144 g/mol. The first-order valence-electron chi connectivity index (χ1n) is 3.54. The summed E-state index contributed by atoms with van der Waals surface area (Å²) in [5.74, 6) is -0.512. The highest BCUT2D eigenvalue weighted by Gasteiger charge is 2.00. The Balaban J connectivity index is 3.65. The Labute approximate surface area is 66.3 Å². The Morgan fingerprint density at radius 2 is 2.18 bits per heavy atom. The zero-order chi connectivity index (χ0) is 8.85. The molecule has 0 aliphatic heterocycles. The molecule has 0 spiro atoms. The van der Waals surface area contributed by atoms with Crippen LogP contribution in [0.1, 0.15) is 20.8 Å². The summed E-state index contributed by atoms with van der Waals surface area (Å²) in [6, 6.07) is 0. The predicted octanol–water partition coefficient (Wildman–Crippen LogP) is 0.692. The number of rotatable bonds is 4. The van der Waals surface area contributed by atoms with Gasteiger partial charge in [-0.2, -0.15) is 5.10 Å². The Bertz CT molecular complexity index is 164. The van der Waals surface area contributed by atoms with Crippen LogP contribution in [0, 0.1) is 5.92 Å². The van der Waals surface area contributed by atoms with Crippen molar-refractivity contribution in [1.82, 2.24) is 5.43 Å². The van der Waals surface area contributed by atoms with Crippen LogP contribution in [0.3, 0.4) is 0 Å². The van der Waals surface area contributed by atoms with Crippen molar-refractivity contribution in [2.24, 2.45) is 11.0 Å². The Morgan fingerprint density at radius 1 is 1.64 bits per heavy atom. The van der Waals surface area contributed by atoms with Crippen LogP contribution in [0.4, 0.5) is 0 Å². The summed E-state index contributed by atoms with van der Waals surface area (Å²) in [5, 5.41) is 12.0. The van der Waals surface area contributed by atoms with Crippen LogP contribution >= 0.6 is 0 Å². The lowest BCUT2D eigenvalue weighted by Gasteiger charge is -2.02. The summed E-state index contributed by atoms with van der Waals surface area (Å²) in [5.41, 5.74) is 2.76. The van der Waals surface area contributed by atoms with Crippen molar-refractivity contribution in [2.45, 2.75) is 20.8 Å². The molecule has 0 saturated heterocycles. The van der Waals surface area contributed by atoms with E-state index in [-0.39, 0.29) is 5.71 Å². The summed E-state index contributed by atoms with van der Waals surface area (Å²) < 4.78 is 0. The zero-order valence-electron chi connectivity index (χ0n) is 7.09. The van der Waals surface area contributed by atoms with Gasteiger partial charge in [0.25, 0.3) is 0 Å².